The lowest BCUT2D eigenvalue weighted by molar-refractivity contribution is 0.102. The average molecular weight is 356 g/mol. The van der Waals surface area contributed by atoms with E-state index < -0.39 is 0 Å². The highest BCUT2D eigenvalue weighted by Gasteiger charge is 2.11. The molecule has 0 radical (unpaired) electrons. The quantitative estimate of drug-likeness (QED) is 0.721. The largest absolute Gasteiger partial charge is 0.327 e. The Labute approximate surface area is 158 Å². The molecule has 1 N–H and O–H groups in total. The van der Waals surface area contributed by atoms with Crippen molar-refractivity contribution in [2.24, 2.45) is 0 Å². The highest BCUT2D eigenvalue weighted by atomic mass is 16.1. The molecule has 134 valence electrons. The average Bonchev–Trinajstić information content (AvgIpc) is 2.69. The zero-order valence-corrected chi connectivity index (χ0v) is 15.3. The highest BCUT2D eigenvalue weighted by Crippen LogP contribution is 2.24. The number of aryl methyl sites for hydroxylation is 1. The van der Waals surface area contributed by atoms with Crippen LogP contribution in [0, 0.1) is 18.3 Å². The van der Waals surface area contributed by atoms with Crippen molar-refractivity contribution >= 4 is 23.1 Å². The fraction of sp³-hybridized carbons (Fsp3) is 0.136. The maximum Gasteiger partial charge on any atom is 0.257 e. The van der Waals surface area contributed by atoms with Gasteiger partial charge in [-0.2, -0.15) is 5.26 Å². The lowest BCUT2D eigenvalue weighted by Crippen LogP contribution is -2.18. The summed E-state index contributed by atoms with van der Waals surface area (Å²) in [6.07, 6.45) is 1.57. The van der Waals surface area contributed by atoms with Crippen molar-refractivity contribution < 1.29 is 4.79 Å². The fourth-order valence-electron chi connectivity index (χ4n) is 2.82. The number of carbonyl (C=O) groups is 1. The molecule has 1 amide bonds. The van der Waals surface area contributed by atoms with Gasteiger partial charge in [-0.05, 0) is 61.9 Å². The number of rotatable bonds is 5. The third-order valence-electron chi connectivity index (χ3n) is 4.17. The minimum atomic E-state index is -0.261. The number of anilines is 3. The number of hydrogen-bond acceptors (Lipinski definition) is 4. The molecule has 5 heteroatoms. The van der Waals surface area contributed by atoms with E-state index in [1.54, 1.807) is 36.5 Å². The predicted octanol–water partition coefficient (Wildman–Crippen LogP) is 4.67. The van der Waals surface area contributed by atoms with Crippen LogP contribution in [0.4, 0.5) is 17.2 Å². The predicted molar refractivity (Wildman–Crippen MR) is 107 cm³/mol. The minimum absolute atomic E-state index is 0.261. The van der Waals surface area contributed by atoms with E-state index in [0.717, 1.165) is 18.1 Å². The molecule has 0 spiro atoms. The van der Waals surface area contributed by atoms with E-state index in [9.17, 15) is 4.79 Å². The third kappa shape index (κ3) is 4.31. The van der Waals surface area contributed by atoms with E-state index >= 15 is 0 Å². The minimum Gasteiger partial charge on any atom is -0.327 e. The van der Waals surface area contributed by atoms with Gasteiger partial charge < -0.3 is 10.2 Å². The van der Waals surface area contributed by atoms with Crippen LogP contribution in [-0.2, 0) is 0 Å². The first kappa shape index (κ1) is 18.2. The molecule has 0 unspecified atom stereocenters. The number of pyridine rings is 1. The number of amides is 1. The molecule has 0 aliphatic rings. The van der Waals surface area contributed by atoms with Crippen LogP contribution >= 0.6 is 0 Å². The number of hydrogen-bond donors (Lipinski definition) is 1. The van der Waals surface area contributed by atoms with Crippen LogP contribution in [0.2, 0.25) is 0 Å². The molecule has 1 heterocycles. The van der Waals surface area contributed by atoms with Gasteiger partial charge in [0.05, 0.1) is 17.2 Å². The van der Waals surface area contributed by atoms with Gasteiger partial charge in [-0.3, -0.25) is 4.79 Å². The van der Waals surface area contributed by atoms with Gasteiger partial charge in [0.1, 0.15) is 5.82 Å². The van der Waals surface area contributed by atoms with Crippen LogP contribution in [0.3, 0.4) is 0 Å². The van der Waals surface area contributed by atoms with Crippen LogP contribution in [0.1, 0.15) is 28.4 Å². The molecular formula is C22H20N4O. The molecule has 1 aromatic heterocycles. The van der Waals surface area contributed by atoms with Crippen molar-refractivity contribution in [2.45, 2.75) is 13.8 Å². The van der Waals surface area contributed by atoms with Crippen LogP contribution in [-0.4, -0.2) is 17.4 Å². The van der Waals surface area contributed by atoms with Crippen molar-refractivity contribution in [3.05, 3.63) is 83.6 Å². The summed E-state index contributed by atoms with van der Waals surface area (Å²) in [6, 6.07) is 20.7. The van der Waals surface area contributed by atoms with E-state index in [0.29, 0.717) is 16.8 Å². The van der Waals surface area contributed by atoms with Crippen molar-refractivity contribution in [3.63, 3.8) is 0 Å². The second-order valence-electron chi connectivity index (χ2n) is 6.14. The summed E-state index contributed by atoms with van der Waals surface area (Å²) in [7, 11) is 0. The van der Waals surface area contributed by atoms with Crippen LogP contribution in [0.15, 0.2) is 66.9 Å². The zero-order chi connectivity index (χ0) is 19.2. The Morgan fingerprint density at radius 1 is 1.15 bits per heavy atom. The maximum atomic E-state index is 12.4. The lowest BCUT2D eigenvalue weighted by Gasteiger charge is -2.22. The summed E-state index contributed by atoms with van der Waals surface area (Å²) in [6.45, 7) is 4.88. The van der Waals surface area contributed by atoms with E-state index in [2.05, 4.69) is 47.3 Å². The summed E-state index contributed by atoms with van der Waals surface area (Å²) >= 11 is 0. The second-order valence-corrected chi connectivity index (χ2v) is 6.14. The Bertz CT molecular complexity index is 990. The third-order valence-corrected chi connectivity index (χ3v) is 4.17. The summed E-state index contributed by atoms with van der Waals surface area (Å²) < 4.78 is 0. The first-order valence-corrected chi connectivity index (χ1v) is 8.72. The highest BCUT2D eigenvalue weighted by molar-refractivity contribution is 6.04. The number of carbonyl (C=O) groups excluding carboxylic acids is 1. The van der Waals surface area contributed by atoms with Gasteiger partial charge in [0, 0.05) is 24.1 Å². The number of nitrogens with one attached hydrogen (secondary N) is 1. The summed E-state index contributed by atoms with van der Waals surface area (Å²) in [4.78, 5) is 19.0. The molecule has 0 aliphatic heterocycles. The van der Waals surface area contributed by atoms with Crippen LogP contribution in [0.5, 0.6) is 0 Å². The normalized spacial score (nSPS) is 10.1. The first-order chi connectivity index (χ1) is 13.1. The summed E-state index contributed by atoms with van der Waals surface area (Å²) in [5, 5.41) is 11.7. The van der Waals surface area contributed by atoms with Crippen molar-refractivity contribution in [3.8, 4) is 6.07 Å². The Morgan fingerprint density at radius 3 is 2.63 bits per heavy atom. The first-order valence-electron chi connectivity index (χ1n) is 8.72. The van der Waals surface area contributed by atoms with Crippen molar-refractivity contribution in [1.29, 1.82) is 5.26 Å². The smallest absolute Gasteiger partial charge is 0.257 e. The van der Waals surface area contributed by atoms with Crippen molar-refractivity contribution in [1.82, 2.24) is 4.98 Å². The molecule has 0 aliphatic carbocycles. The molecule has 5 nitrogen and oxygen atoms in total. The number of nitrogens with zero attached hydrogens (tertiary/aromatic N) is 3. The van der Waals surface area contributed by atoms with Crippen molar-refractivity contribution in [2.75, 3.05) is 16.8 Å². The van der Waals surface area contributed by atoms with Gasteiger partial charge in [-0.25, -0.2) is 4.98 Å². The maximum absolute atomic E-state index is 12.4. The Kier molecular flexibility index (Phi) is 5.48. The Balaban J connectivity index is 1.77. The van der Waals surface area contributed by atoms with Gasteiger partial charge in [-0.15, -0.1) is 0 Å². The van der Waals surface area contributed by atoms with Gasteiger partial charge in [0.15, 0.2) is 0 Å². The van der Waals surface area contributed by atoms with E-state index in [-0.39, 0.29) is 5.91 Å². The van der Waals surface area contributed by atoms with E-state index in [4.69, 9.17) is 5.26 Å². The van der Waals surface area contributed by atoms with Crippen LogP contribution in [0.25, 0.3) is 0 Å². The fourth-order valence-corrected chi connectivity index (χ4v) is 2.82. The number of nitriles is 1. The molecule has 0 fully saturated rings. The molecule has 0 bridgehead atoms. The van der Waals surface area contributed by atoms with Gasteiger partial charge >= 0.3 is 0 Å². The molecule has 2 aromatic carbocycles. The standard InChI is InChI=1S/C22H20N4O/c1-3-26(20-9-4-6-16(2)12-20)21-11-10-18(15-24-21)22(27)25-19-8-5-7-17(13-19)14-23/h4-13,15H,3H2,1-2H3,(H,25,27). The lowest BCUT2D eigenvalue weighted by atomic mass is 10.2. The summed E-state index contributed by atoms with van der Waals surface area (Å²) in [5.74, 6) is 0.522. The molecule has 3 rings (SSSR count). The van der Waals surface area contributed by atoms with Gasteiger partial charge in [0.2, 0.25) is 0 Å². The van der Waals surface area contributed by atoms with Gasteiger partial charge in [-0.1, -0.05) is 18.2 Å². The molecule has 0 saturated carbocycles. The van der Waals surface area contributed by atoms with Crippen LogP contribution < -0.4 is 10.2 Å². The molecule has 27 heavy (non-hydrogen) atoms. The number of benzene rings is 2. The summed E-state index contributed by atoms with van der Waals surface area (Å²) in [5.41, 5.74) is 3.79. The van der Waals surface area contributed by atoms with Gasteiger partial charge in [0.25, 0.3) is 5.91 Å². The molecule has 0 atom stereocenters. The van der Waals surface area contributed by atoms with E-state index in [1.165, 1.54) is 5.56 Å². The Morgan fingerprint density at radius 2 is 1.96 bits per heavy atom. The monoisotopic (exact) mass is 356 g/mol. The number of aromatic nitrogens is 1. The second kappa shape index (κ2) is 8.15. The molecule has 3 aromatic rings. The Hall–Kier alpha value is -3.65. The van der Waals surface area contributed by atoms with E-state index in [1.807, 2.05) is 18.2 Å². The topological polar surface area (TPSA) is 69.0 Å². The zero-order valence-electron chi connectivity index (χ0n) is 15.3. The molecular weight excluding hydrogens is 336 g/mol. The molecule has 0 saturated heterocycles. The SMILES string of the molecule is CCN(c1cccc(C)c1)c1ccc(C(=O)Nc2cccc(C#N)c2)cn1.